The number of hydrogen-bond donors (Lipinski definition) is 1. The highest BCUT2D eigenvalue weighted by molar-refractivity contribution is 5.26. The van der Waals surface area contributed by atoms with Crippen molar-refractivity contribution in [2.75, 3.05) is 39.3 Å². The quantitative estimate of drug-likeness (QED) is 0.885. The number of nitrogens with one attached hydrogen (secondary N) is 1. The van der Waals surface area contributed by atoms with Crippen molar-refractivity contribution in [3.63, 3.8) is 0 Å². The zero-order chi connectivity index (χ0) is 13.2. The molecule has 3 nitrogen and oxygen atoms in total. The van der Waals surface area contributed by atoms with Crippen LogP contribution in [0.15, 0.2) is 18.2 Å². The third-order valence-corrected chi connectivity index (χ3v) is 4.30. The van der Waals surface area contributed by atoms with Crippen LogP contribution in [0.5, 0.6) is 0 Å². The predicted octanol–water partition coefficient (Wildman–Crippen LogP) is 1.22. The number of hydrogen-bond acceptors (Lipinski definition) is 3. The van der Waals surface area contributed by atoms with Gasteiger partial charge in [-0.05, 0) is 30.2 Å². The molecular formula is C15H22FN3. The Morgan fingerprint density at radius 3 is 2.68 bits per heavy atom. The summed E-state index contributed by atoms with van der Waals surface area (Å²) in [4.78, 5) is 5.04. The van der Waals surface area contributed by atoms with Gasteiger partial charge in [-0.3, -0.25) is 9.80 Å². The molecule has 1 N–H and O–H groups in total. The van der Waals surface area contributed by atoms with Gasteiger partial charge in [-0.1, -0.05) is 6.07 Å². The van der Waals surface area contributed by atoms with Crippen molar-refractivity contribution in [2.24, 2.45) is 0 Å². The van der Waals surface area contributed by atoms with Gasteiger partial charge in [0, 0.05) is 51.9 Å². The fourth-order valence-electron chi connectivity index (χ4n) is 3.03. The highest BCUT2D eigenvalue weighted by Crippen LogP contribution is 2.20. The summed E-state index contributed by atoms with van der Waals surface area (Å²) in [6.07, 6.45) is 0. The van der Waals surface area contributed by atoms with E-state index in [0.717, 1.165) is 44.3 Å². The number of likely N-dealkylation sites (tertiary alicyclic amines) is 1. The van der Waals surface area contributed by atoms with Gasteiger partial charge in [-0.15, -0.1) is 0 Å². The summed E-state index contributed by atoms with van der Waals surface area (Å²) in [5.41, 5.74) is 2.31. The van der Waals surface area contributed by atoms with Crippen molar-refractivity contribution in [3.8, 4) is 0 Å². The third kappa shape index (κ3) is 2.96. The Labute approximate surface area is 114 Å². The summed E-state index contributed by atoms with van der Waals surface area (Å²) >= 11 is 0. The van der Waals surface area contributed by atoms with Gasteiger partial charge in [0.2, 0.25) is 0 Å². The fraction of sp³-hybridized carbons (Fsp3) is 0.600. The molecule has 0 unspecified atom stereocenters. The van der Waals surface area contributed by atoms with E-state index in [1.807, 2.05) is 13.0 Å². The molecule has 3 rings (SSSR count). The van der Waals surface area contributed by atoms with E-state index in [-0.39, 0.29) is 5.82 Å². The molecule has 2 aliphatic heterocycles. The second-order valence-corrected chi connectivity index (χ2v) is 5.70. The third-order valence-electron chi connectivity index (χ3n) is 4.30. The van der Waals surface area contributed by atoms with Crippen LogP contribution in [-0.2, 0) is 6.54 Å². The van der Waals surface area contributed by atoms with Crippen LogP contribution in [0.2, 0.25) is 0 Å². The number of nitrogens with zero attached hydrogens (tertiary/aromatic N) is 2. The van der Waals surface area contributed by atoms with Crippen molar-refractivity contribution < 1.29 is 4.39 Å². The maximum atomic E-state index is 13.1. The topological polar surface area (TPSA) is 18.5 Å². The predicted molar refractivity (Wildman–Crippen MR) is 74.6 cm³/mol. The molecule has 0 aliphatic carbocycles. The molecule has 0 radical (unpaired) electrons. The molecule has 104 valence electrons. The first-order valence-corrected chi connectivity index (χ1v) is 7.14. The van der Waals surface area contributed by atoms with Gasteiger partial charge in [-0.25, -0.2) is 4.39 Å². The molecule has 2 fully saturated rings. The van der Waals surface area contributed by atoms with E-state index in [2.05, 4.69) is 15.1 Å². The van der Waals surface area contributed by atoms with Crippen LogP contribution in [0, 0.1) is 12.7 Å². The zero-order valence-corrected chi connectivity index (χ0v) is 11.5. The van der Waals surface area contributed by atoms with Crippen LogP contribution in [0.3, 0.4) is 0 Å². The normalized spacial score (nSPS) is 22.4. The van der Waals surface area contributed by atoms with Crippen molar-refractivity contribution in [1.29, 1.82) is 0 Å². The van der Waals surface area contributed by atoms with E-state index in [0.29, 0.717) is 0 Å². The maximum Gasteiger partial charge on any atom is 0.123 e. The van der Waals surface area contributed by atoms with Crippen LogP contribution in [0.4, 0.5) is 4.39 Å². The van der Waals surface area contributed by atoms with E-state index >= 15 is 0 Å². The minimum atomic E-state index is -0.136. The van der Waals surface area contributed by atoms with Crippen LogP contribution >= 0.6 is 0 Å². The SMILES string of the molecule is Cc1cc(F)ccc1CN1CC(N2CCNCC2)C1. The molecule has 2 heterocycles. The van der Waals surface area contributed by atoms with Gasteiger partial charge in [0.25, 0.3) is 0 Å². The summed E-state index contributed by atoms with van der Waals surface area (Å²) in [5.74, 6) is -0.136. The standard InChI is InChI=1S/C15H22FN3/c1-12-8-14(16)3-2-13(12)9-18-10-15(11-18)19-6-4-17-5-7-19/h2-3,8,15,17H,4-7,9-11H2,1H3. The van der Waals surface area contributed by atoms with Crippen LogP contribution in [0.1, 0.15) is 11.1 Å². The molecule has 0 aromatic heterocycles. The Morgan fingerprint density at radius 2 is 2.00 bits per heavy atom. The number of aryl methyl sites for hydroxylation is 1. The molecule has 0 spiro atoms. The molecule has 0 saturated carbocycles. The number of rotatable bonds is 3. The molecule has 2 saturated heterocycles. The van der Waals surface area contributed by atoms with E-state index in [1.54, 1.807) is 12.1 Å². The number of piperazine rings is 1. The highest BCUT2D eigenvalue weighted by atomic mass is 19.1. The highest BCUT2D eigenvalue weighted by Gasteiger charge is 2.32. The van der Waals surface area contributed by atoms with Crippen molar-refractivity contribution in [1.82, 2.24) is 15.1 Å². The smallest absolute Gasteiger partial charge is 0.123 e. The lowest BCUT2D eigenvalue weighted by atomic mass is 10.0. The van der Waals surface area contributed by atoms with Crippen LogP contribution < -0.4 is 5.32 Å². The molecule has 1 aromatic rings. The Morgan fingerprint density at radius 1 is 1.26 bits per heavy atom. The Bertz CT molecular complexity index is 437. The molecule has 19 heavy (non-hydrogen) atoms. The van der Waals surface area contributed by atoms with Crippen molar-refractivity contribution >= 4 is 0 Å². The average molecular weight is 263 g/mol. The minimum absolute atomic E-state index is 0.136. The van der Waals surface area contributed by atoms with Crippen molar-refractivity contribution in [3.05, 3.63) is 35.1 Å². The van der Waals surface area contributed by atoms with Gasteiger partial charge >= 0.3 is 0 Å². The summed E-state index contributed by atoms with van der Waals surface area (Å²) in [6.45, 7) is 9.83. The van der Waals surface area contributed by atoms with E-state index in [9.17, 15) is 4.39 Å². The summed E-state index contributed by atoms with van der Waals surface area (Å²) < 4.78 is 13.1. The molecule has 4 heteroatoms. The summed E-state index contributed by atoms with van der Waals surface area (Å²) in [7, 11) is 0. The van der Waals surface area contributed by atoms with Gasteiger partial charge in [-0.2, -0.15) is 0 Å². The Kier molecular flexibility index (Phi) is 3.82. The van der Waals surface area contributed by atoms with Gasteiger partial charge in [0.05, 0.1) is 0 Å². The van der Waals surface area contributed by atoms with E-state index in [1.165, 1.54) is 18.7 Å². The first kappa shape index (κ1) is 13.0. The lowest BCUT2D eigenvalue weighted by Crippen LogP contribution is -2.62. The molecule has 1 aromatic carbocycles. The van der Waals surface area contributed by atoms with E-state index in [4.69, 9.17) is 0 Å². The first-order chi connectivity index (χ1) is 9.22. The first-order valence-electron chi connectivity index (χ1n) is 7.14. The zero-order valence-electron chi connectivity index (χ0n) is 11.5. The van der Waals surface area contributed by atoms with Crippen LogP contribution in [0.25, 0.3) is 0 Å². The number of halogens is 1. The minimum Gasteiger partial charge on any atom is -0.314 e. The van der Waals surface area contributed by atoms with Gasteiger partial charge in [0.1, 0.15) is 5.82 Å². The lowest BCUT2D eigenvalue weighted by Gasteiger charge is -2.47. The molecule has 0 bridgehead atoms. The second-order valence-electron chi connectivity index (χ2n) is 5.70. The molecule has 0 atom stereocenters. The van der Waals surface area contributed by atoms with Gasteiger partial charge in [0.15, 0.2) is 0 Å². The molecule has 0 amide bonds. The monoisotopic (exact) mass is 263 g/mol. The van der Waals surface area contributed by atoms with Crippen LogP contribution in [-0.4, -0.2) is 55.1 Å². The Balaban J connectivity index is 1.50. The Hall–Kier alpha value is -0.970. The molecule has 2 aliphatic rings. The largest absolute Gasteiger partial charge is 0.314 e. The lowest BCUT2D eigenvalue weighted by molar-refractivity contribution is 0.0222. The summed E-state index contributed by atoms with van der Waals surface area (Å²) in [5, 5.41) is 3.39. The average Bonchev–Trinajstić information content (AvgIpc) is 2.36. The van der Waals surface area contributed by atoms with E-state index < -0.39 is 0 Å². The maximum absolute atomic E-state index is 13.1. The van der Waals surface area contributed by atoms with Crippen molar-refractivity contribution in [2.45, 2.75) is 19.5 Å². The number of benzene rings is 1. The van der Waals surface area contributed by atoms with Gasteiger partial charge < -0.3 is 5.32 Å². The molecular weight excluding hydrogens is 241 g/mol. The second kappa shape index (κ2) is 5.57. The fourth-order valence-corrected chi connectivity index (χ4v) is 3.03. The summed E-state index contributed by atoms with van der Waals surface area (Å²) in [6, 6.07) is 5.84.